The second kappa shape index (κ2) is 6.20. The van der Waals surface area contributed by atoms with Gasteiger partial charge in [-0.15, -0.1) is 0 Å². The van der Waals surface area contributed by atoms with Crippen LogP contribution in [0.1, 0.15) is 17.5 Å². The maximum absolute atomic E-state index is 8.56. The first-order chi connectivity index (χ1) is 6.86. The van der Waals surface area contributed by atoms with Crippen LogP contribution in [0.2, 0.25) is 0 Å². The van der Waals surface area contributed by atoms with Crippen molar-refractivity contribution in [3.05, 3.63) is 35.4 Å². The van der Waals surface area contributed by atoms with E-state index in [1.807, 2.05) is 24.3 Å². The monoisotopic (exact) mass is 190 g/mol. The van der Waals surface area contributed by atoms with Crippen LogP contribution >= 0.6 is 0 Å². The van der Waals surface area contributed by atoms with Crippen LogP contribution in [0, 0.1) is 11.8 Å². The number of hydrogen-bond donors (Lipinski definition) is 1. The molecule has 0 aliphatic rings. The van der Waals surface area contributed by atoms with E-state index in [1.165, 1.54) is 0 Å². The fraction of sp³-hybridized carbons (Fsp3) is 0.333. The first kappa shape index (κ1) is 10.8. The Morgan fingerprint density at radius 3 is 3.00 bits per heavy atom. The first-order valence-electron chi connectivity index (χ1n) is 4.54. The quantitative estimate of drug-likeness (QED) is 0.733. The molecule has 0 aliphatic heterocycles. The molecular formula is C12H14O2. The molecule has 1 aromatic rings. The third-order valence-corrected chi connectivity index (χ3v) is 1.71. The Morgan fingerprint density at radius 2 is 2.29 bits per heavy atom. The molecule has 0 bridgehead atoms. The molecule has 0 spiro atoms. The molecule has 1 N–H and O–H groups in total. The summed E-state index contributed by atoms with van der Waals surface area (Å²) in [5.41, 5.74) is 2.08. The molecule has 0 unspecified atom stereocenters. The summed E-state index contributed by atoms with van der Waals surface area (Å²) in [6.45, 7) is 0.723. The molecule has 0 aliphatic carbocycles. The zero-order valence-electron chi connectivity index (χ0n) is 8.29. The smallest absolute Gasteiger partial charge is 0.0713 e. The highest BCUT2D eigenvalue weighted by molar-refractivity contribution is 5.36. The van der Waals surface area contributed by atoms with Gasteiger partial charge in [0.25, 0.3) is 0 Å². The lowest BCUT2D eigenvalue weighted by Gasteiger charge is -1.98. The fourth-order valence-electron chi connectivity index (χ4n) is 1.13. The normalized spacial score (nSPS) is 9.29. The maximum atomic E-state index is 8.56. The van der Waals surface area contributed by atoms with Crippen LogP contribution < -0.4 is 0 Å². The lowest BCUT2D eigenvalue weighted by Crippen LogP contribution is -1.87. The molecular weight excluding hydrogens is 176 g/mol. The summed E-state index contributed by atoms with van der Waals surface area (Å²) in [5, 5.41) is 8.56. The van der Waals surface area contributed by atoms with E-state index in [4.69, 9.17) is 9.84 Å². The minimum absolute atomic E-state index is 0.116. The van der Waals surface area contributed by atoms with Gasteiger partial charge in [-0.1, -0.05) is 24.0 Å². The molecule has 0 heterocycles. The number of aliphatic hydroxyl groups excluding tert-OH is 1. The number of rotatable bonds is 3. The summed E-state index contributed by atoms with van der Waals surface area (Å²) in [6, 6.07) is 7.90. The Labute approximate surface area is 84.5 Å². The van der Waals surface area contributed by atoms with Gasteiger partial charge in [-0.05, 0) is 17.7 Å². The van der Waals surface area contributed by atoms with Crippen LogP contribution in [-0.2, 0) is 11.3 Å². The Kier molecular flexibility index (Phi) is 4.77. The van der Waals surface area contributed by atoms with Crippen molar-refractivity contribution in [2.45, 2.75) is 13.0 Å². The molecule has 0 aromatic heterocycles. The van der Waals surface area contributed by atoms with Crippen LogP contribution in [0.15, 0.2) is 24.3 Å². The maximum Gasteiger partial charge on any atom is 0.0713 e. The van der Waals surface area contributed by atoms with Gasteiger partial charge >= 0.3 is 0 Å². The van der Waals surface area contributed by atoms with Crippen molar-refractivity contribution in [1.29, 1.82) is 0 Å². The van der Waals surface area contributed by atoms with Gasteiger partial charge in [-0.2, -0.15) is 0 Å². The van der Waals surface area contributed by atoms with Crippen LogP contribution in [0.5, 0.6) is 0 Å². The van der Waals surface area contributed by atoms with Crippen molar-refractivity contribution in [2.24, 2.45) is 0 Å². The zero-order chi connectivity index (χ0) is 10.2. The lowest BCUT2D eigenvalue weighted by atomic mass is 10.1. The Bertz CT molecular complexity index is 334. The Hall–Kier alpha value is -1.30. The van der Waals surface area contributed by atoms with E-state index < -0.39 is 0 Å². The van der Waals surface area contributed by atoms with Crippen LogP contribution in [0.3, 0.4) is 0 Å². The number of benzene rings is 1. The van der Waals surface area contributed by atoms with Crippen molar-refractivity contribution in [3.8, 4) is 11.8 Å². The predicted molar refractivity (Wildman–Crippen MR) is 55.7 cm³/mol. The molecule has 2 heteroatoms. The van der Waals surface area contributed by atoms with Gasteiger partial charge in [-0.3, -0.25) is 0 Å². The molecule has 74 valence electrons. The van der Waals surface area contributed by atoms with Gasteiger partial charge in [0, 0.05) is 19.1 Å². The molecule has 0 radical (unpaired) electrons. The lowest BCUT2D eigenvalue weighted by molar-refractivity contribution is 0.185. The van der Waals surface area contributed by atoms with Crippen molar-refractivity contribution >= 4 is 0 Å². The van der Waals surface area contributed by atoms with Crippen molar-refractivity contribution in [3.63, 3.8) is 0 Å². The molecule has 0 atom stereocenters. The van der Waals surface area contributed by atoms with Gasteiger partial charge in [0.05, 0.1) is 13.2 Å². The summed E-state index contributed by atoms with van der Waals surface area (Å²) in [6.07, 6.45) is 0.522. The van der Waals surface area contributed by atoms with E-state index in [0.29, 0.717) is 13.0 Å². The number of hydrogen-bond acceptors (Lipinski definition) is 2. The number of ether oxygens (including phenoxy) is 1. The second-order valence-electron chi connectivity index (χ2n) is 2.91. The predicted octanol–water partition coefficient (Wildman–Crippen LogP) is 1.57. The van der Waals surface area contributed by atoms with E-state index in [-0.39, 0.29) is 6.61 Å². The number of aliphatic hydroxyl groups is 1. The summed E-state index contributed by atoms with van der Waals surface area (Å²) >= 11 is 0. The molecule has 1 aromatic carbocycles. The summed E-state index contributed by atoms with van der Waals surface area (Å²) in [7, 11) is 1.67. The van der Waals surface area contributed by atoms with Gasteiger partial charge in [0.1, 0.15) is 0 Å². The topological polar surface area (TPSA) is 29.5 Å². The zero-order valence-corrected chi connectivity index (χ0v) is 8.29. The van der Waals surface area contributed by atoms with Crippen LogP contribution in [0.4, 0.5) is 0 Å². The van der Waals surface area contributed by atoms with E-state index in [9.17, 15) is 0 Å². The van der Waals surface area contributed by atoms with E-state index >= 15 is 0 Å². The van der Waals surface area contributed by atoms with Crippen molar-refractivity contribution < 1.29 is 9.84 Å². The first-order valence-corrected chi connectivity index (χ1v) is 4.54. The van der Waals surface area contributed by atoms with E-state index in [2.05, 4.69) is 11.8 Å². The highest BCUT2D eigenvalue weighted by atomic mass is 16.5. The summed E-state index contributed by atoms with van der Waals surface area (Å²) in [4.78, 5) is 0. The highest BCUT2D eigenvalue weighted by Crippen LogP contribution is 2.04. The van der Waals surface area contributed by atoms with Gasteiger partial charge in [0.2, 0.25) is 0 Å². The number of methoxy groups -OCH3 is 1. The average Bonchev–Trinajstić information content (AvgIpc) is 2.19. The molecule has 2 nitrogen and oxygen atoms in total. The van der Waals surface area contributed by atoms with Crippen LogP contribution in [0.25, 0.3) is 0 Å². The Morgan fingerprint density at radius 1 is 1.43 bits per heavy atom. The fourth-order valence-corrected chi connectivity index (χ4v) is 1.13. The van der Waals surface area contributed by atoms with E-state index in [1.54, 1.807) is 7.11 Å². The van der Waals surface area contributed by atoms with Gasteiger partial charge in [0.15, 0.2) is 0 Å². The highest BCUT2D eigenvalue weighted by Gasteiger charge is 1.91. The average molecular weight is 190 g/mol. The Balaban J connectivity index is 2.69. The second-order valence-corrected chi connectivity index (χ2v) is 2.91. The molecule has 14 heavy (non-hydrogen) atoms. The molecule has 1 rings (SSSR count). The minimum Gasteiger partial charge on any atom is -0.395 e. The van der Waals surface area contributed by atoms with Crippen molar-refractivity contribution in [1.82, 2.24) is 0 Å². The third-order valence-electron chi connectivity index (χ3n) is 1.71. The van der Waals surface area contributed by atoms with E-state index in [0.717, 1.165) is 11.1 Å². The standard InChI is InChI=1S/C12H14O2/c1-14-10-12-7-4-6-11(9-12)5-2-3-8-13/h4,6-7,9,13H,3,8,10H2,1H3. The molecule has 0 saturated carbocycles. The third kappa shape index (κ3) is 3.61. The molecule has 0 fully saturated rings. The minimum atomic E-state index is 0.116. The van der Waals surface area contributed by atoms with Crippen molar-refractivity contribution in [2.75, 3.05) is 13.7 Å². The summed E-state index contributed by atoms with van der Waals surface area (Å²) in [5.74, 6) is 5.86. The summed E-state index contributed by atoms with van der Waals surface area (Å²) < 4.78 is 5.02. The van der Waals surface area contributed by atoms with Gasteiger partial charge in [-0.25, -0.2) is 0 Å². The molecule has 0 amide bonds. The molecule has 0 saturated heterocycles. The van der Waals surface area contributed by atoms with Crippen LogP contribution in [-0.4, -0.2) is 18.8 Å². The largest absolute Gasteiger partial charge is 0.395 e. The van der Waals surface area contributed by atoms with Gasteiger partial charge < -0.3 is 9.84 Å². The SMILES string of the molecule is COCc1cccc(C#CCCO)c1.